The zero-order valence-corrected chi connectivity index (χ0v) is 35.2. The summed E-state index contributed by atoms with van der Waals surface area (Å²) in [5, 5.41) is 5.12. The normalized spacial score (nSPS) is 13.3. The second-order valence-corrected chi connectivity index (χ2v) is 17.8. The monoisotopic (exact) mass is 803 g/mol. The van der Waals surface area contributed by atoms with Gasteiger partial charge in [-0.25, -0.2) is 0 Å². The molecule has 0 spiro atoms. The summed E-state index contributed by atoms with van der Waals surface area (Å²) in [5.41, 5.74) is 25.5. The molecule has 298 valence electrons. The molecule has 0 unspecified atom stereocenters. The summed E-state index contributed by atoms with van der Waals surface area (Å²) in [7, 11) is 0. The van der Waals surface area contributed by atoms with E-state index in [9.17, 15) is 0 Å². The van der Waals surface area contributed by atoms with Crippen LogP contribution in [0.3, 0.4) is 0 Å². The first-order valence-corrected chi connectivity index (χ1v) is 22.7. The topological polar surface area (TPSA) is 3.24 Å². The molecule has 0 aliphatic heterocycles. The second-order valence-electron chi connectivity index (χ2n) is 17.8. The summed E-state index contributed by atoms with van der Waals surface area (Å²) >= 11 is 0. The van der Waals surface area contributed by atoms with Gasteiger partial charge in [0.1, 0.15) is 0 Å². The molecule has 10 aromatic carbocycles. The molecule has 1 nitrogen and oxygen atoms in total. The van der Waals surface area contributed by atoms with Gasteiger partial charge in [0.15, 0.2) is 0 Å². The van der Waals surface area contributed by atoms with Crippen LogP contribution in [0.2, 0.25) is 0 Å². The Labute approximate surface area is 369 Å². The summed E-state index contributed by atoms with van der Waals surface area (Å²) in [6, 6.07) is 75.2. The number of hydrogen-bond acceptors (Lipinski definition) is 1. The predicted octanol–water partition coefficient (Wildman–Crippen LogP) is 16.5. The Morgan fingerprint density at radius 2 is 0.968 bits per heavy atom. The van der Waals surface area contributed by atoms with Gasteiger partial charge in [-0.15, -0.1) is 0 Å². The molecule has 3 aliphatic rings. The Morgan fingerprint density at radius 1 is 0.302 bits per heavy atom. The molecule has 0 bridgehead atoms. The molecule has 10 aromatic rings. The molecule has 0 fully saturated rings. The Bertz CT molecular complexity index is 3440. The summed E-state index contributed by atoms with van der Waals surface area (Å²) in [6.45, 7) is 0. The smallest absolute Gasteiger partial charge is 0.0467 e. The van der Waals surface area contributed by atoms with Gasteiger partial charge in [0.05, 0.1) is 0 Å². The van der Waals surface area contributed by atoms with Gasteiger partial charge in [-0.2, -0.15) is 0 Å². The van der Waals surface area contributed by atoms with Crippen LogP contribution < -0.4 is 4.90 Å². The van der Waals surface area contributed by atoms with E-state index in [0.29, 0.717) is 0 Å². The summed E-state index contributed by atoms with van der Waals surface area (Å²) in [4.78, 5) is 2.43. The van der Waals surface area contributed by atoms with Crippen molar-refractivity contribution in [2.24, 2.45) is 0 Å². The molecule has 0 N–H and O–H groups in total. The van der Waals surface area contributed by atoms with Gasteiger partial charge < -0.3 is 4.90 Å². The van der Waals surface area contributed by atoms with E-state index in [1.165, 1.54) is 120 Å². The van der Waals surface area contributed by atoms with Crippen LogP contribution in [-0.2, 0) is 25.7 Å². The van der Waals surface area contributed by atoms with Crippen LogP contribution in [0.4, 0.5) is 17.1 Å². The van der Waals surface area contributed by atoms with Gasteiger partial charge in [0.2, 0.25) is 0 Å². The van der Waals surface area contributed by atoms with E-state index in [4.69, 9.17) is 0 Å². The molecule has 1 heteroatoms. The van der Waals surface area contributed by atoms with E-state index in [0.717, 1.165) is 29.9 Å². The Hall–Kier alpha value is -7.48. The van der Waals surface area contributed by atoms with Crippen molar-refractivity contribution in [2.45, 2.75) is 38.5 Å². The number of anilines is 3. The molecular weight excluding hydrogens is 759 g/mol. The molecule has 13 rings (SSSR count). The van der Waals surface area contributed by atoms with Gasteiger partial charge in [-0.05, 0) is 192 Å². The van der Waals surface area contributed by atoms with Crippen molar-refractivity contribution in [3.63, 3.8) is 0 Å². The lowest BCUT2D eigenvalue weighted by molar-refractivity contribution is 0.681. The van der Waals surface area contributed by atoms with Crippen molar-refractivity contribution < 1.29 is 0 Å². The van der Waals surface area contributed by atoms with Crippen LogP contribution in [0.1, 0.15) is 46.2 Å². The van der Waals surface area contributed by atoms with Crippen molar-refractivity contribution >= 4 is 38.6 Å². The zero-order valence-electron chi connectivity index (χ0n) is 35.2. The molecule has 0 aromatic heterocycles. The maximum atomic E-state index is 2.43. The first-order chi connectivity index (χ1) is 31.2. The third-order valence-electron chi connectivity index (χ3n) is 14.3. The van der Waals surface area contributed by atoms with Crippen molar-refractivity contribution in [1.82, 2.24) is 0 Å². The summed E-state index contributed by atoms with van der Waals surface area (Å²) < 4.78 is 0. The van der Waals surface area contributed by atoms with E-state index in [2.05, 4.69) is 205 Å². The number of hydrogen-bond donors (Lipinski definition) is 0. The van der Waals surface area contributed by atoms with E-state index < -0.39 is 0 Å². The molecule has 0 radical (unpaired) electrons. The first-order valence-electron chi connectivity index (χ1n) is 22.7. The standard InChI is InChI=1S/C62H45N/c1-4-17-52-41(11-1)27-34-59-61(52)39-47-15-10-22-56(62(47)59)45-14-9-16-51(37-45)63(49-29-23-40(24-30-49)43-28-33-55-48(35-43)36-44-12-2-5-18-53(44)55)50-31-25-42(26-32-50)60-38-46-13-3-6-19-54(46)57-20-7-8-21-58(57)60/h2-3,5-10,12-16,18-35,37-38H,1,4,11,17,36,39H2. The average molecular weight is 804 g/mol. The highest BCUT2D eigenvalue weighted by Gasteiger charge is 2.27. The average Bonchev–Trinajstić information content (AvgIpc) is 3.93. The van der Waals surface area contributed by atoms with Gasteiger partial charge in [-0.3, -0.25) is 0 Å². The molecule has 0 atom stereocenters. The third kappa shape index (κ3) is 5.98. The SMILES string of the molecule is c1cc(-c2cccc3c2-c2ccc4c(c2C3)CCCC4)cc(N(c2ccc(-c3ccc4c(c3)Cc3ccccc3-4)cc2)c2ccc(-c3cc4ccccc4c4ccccc34)cc2)c1. The van der Waals surface area contributed by atoms with Crippen LogP contribution in [0, 0.1) is 0 Å². The molecule has 0 saturated heterocycles. The highest BCUT2D eigenvalue weighted by atomic mass is 15.1. The molecule has 0 heterocycles. The number of aryl methyl sites for hydroxylation is 1. The molecule has 0 amide bonds. The van der Waals surface area contributed by atoms with Gasteiger partial charge in [-0.1, -0.05) is 158 Å². The van der Waals surface area contributed by atoms with Gasteiger partial charge in [0.25, 0.3) is 0 Å². The lowest BCUT2D eigenvalue weighted by Gasteiger charge is -2.27. The van der Waals surface area contributed by atoms with Crippen molar-refractivity contribution in [3.05, 3.63) is 234 Å². The molecular formula is C62H45N. The Morgan fingerprint density at radius 3 is 1.84 bits per heavy atom. The van der Waals surface area contributed by atoms with Crippen molar-refractivity contribution in [1.29, 1.82) is 0 Å². The van der Waals surface area contributed by atoms with E-state index in [1.54, 1.807) is 16.7 Å². The number of fused-ring (bicyclic) bond motifs is 11. The highest BCUT2D eigenvalue weighted by Crippen LogP contribution is 2.48. The fourth-order valence-corrected chi connectivity index (χ4v) is 11.3. The maximum absolute atomic E-state index is 2.43. The zero-order chi connectivity index (χ0) is 41.4. The molecule has 0 saturated carbocycles. The fourth-order valence-electron chi connectivity index (χ4n) is 11.3. The van der Waals surface area contributed by atoms with Crippen LogP contribution in [0.15, 0.2) is 200 Å². The fraction of sp³-hybridized carbons (Fsp3) is 0.0968. The third-order valence-corrected chi connectivity index (χ3v) is 14.3. The lowest BCUT2D eigenvalue weighted by atomic mass is 9.85. The Balaban J connectivity index is 0.914. The van der Waals surface area contributed by atoms with Crippen LogP contribution in [0.5, 0.6) is 0 Å². The van der Waals surface area contributed by atoms with E-state index in [1.807, 2.05) is 0 Å². The van der Waals surface area contributed by atoms with Crippen molar-refractivity contribution in [2.75, 3.05) is 4.90 Å². The Kier molecular flexibility index (Phi) is 8.37. The maximum Gasteiger partial charge on any atom is 0.0467 e. The van der Waals surface area contributed by atoms with Crippen LogP contribution >= 0.6 is 0 Å². The number of benzene rings is 10. The van der Waals surface area contributed by atoms with Crippen LogP contribution in [-0.4, -0.2) is 0 Å². The summed E-state index contributed by atoms with van der Waals surface area (Å²) in [6.07, 6.45) is 7.06. The van der Waals surface area contributed by atoms with Crippen LogP contribution in [0.25, 0.3) is 77.2 Å². The summed E-state index contributed by atoms with van der Waals surface area (Å²) in [5.74, 6) is 0. The minimum absolute atomic E-state index is 0.991. The van der Waals surface area contributed by atoms with Crippen molar-refractivity contribution in [3.8, 4) is 55.6 Å². The number of rotatable bonds is 6. The van der Waals surface area contributed by atoms with E-state index >= 15 is 0 Å². The largest absolute Gasteiger partial charge is 0.310 e. The number of nitrogens with zero attached hydrogens (tertiary/aromatic N) is 1. The molecule has 63 heavy (non-hydrogen) atoms. The van der Waals surface area contributed by atoms with E-state index in [-0.39, 0.29) is 0 Å². The first kappa shape index (κ1) is 36.2. The molecule has 3 aliphatic carbocycles. The quantitative estimate of drug-likeness (QED) is 0.151. The lowest BCUT2D eigenvalue weighted by Crippen LogP contribution is -2.10. The predicted molar refractivity (Wildman–Crippen MR) is 266 cm³/mol. The van der Waals surface area contributed by atoms with Gasteiger partial charge >= 0.3 is 0 Å². The minimum Gasteiger partial charge on any atom is -0.310 e. The van der Waals surface area contributed by atoms with Gasteiger partial charge in [0, 0.05) is 17.1 Å². The minimum atomic E-state index is 0.991. The highest BCUT2D eigenvalue weighted by molar-refractivity contribution is 6.13. The second kappa shape index (κ2) is 14.6.